The van der Waals surface area contributed by atoms with Crippen LogP contribution in [-0.4, -0.2) is 41.1 Å². The Morgan fingerprint density at radius 1 is 1.06 bits per heavy atom. The zero-order valence-electron chi connectivity index (χ0n) is 20.3. The lowest BCUT2D eigenvalue weighted by Crippen LogP contribution is -2.45. The van der Waals surface area contributed by atoms with E-state index in [2.05, 4.69) is 5.32 Å². The second kappa shape index (κ2) is 9.80. The predicted molar refractivity (Wildman–Crippen MR) is 127 cm³/mol. The summed E-state index contributed by atoms with van der Waals surface area (Å²) in [5.41, 5.74) is 0.742. The van der Waals surface area contributed by atoms with E-state index in [0.717, 1.165) is 11.1 Å². The third kappa shape index (κ3) is 7.00. The summed E-state index contributed by atoms with van der Waals surface area (Å²) >= 11 is 0. The monoisotopic (exact) mass is 458 g/mol. The molecule has 2 aromatic rings. The van der Waals surface area contributed by atoms with Crippen LogP contribution in [-0.2, 0) is 4.74 Å². The number of carbonyl (C=O) groups excluding carboxylic acids is 1. The number of hydrogen-bond donors (Lipinski definition) is 1. The molecule has 0 aliphatic carbocycles. The molecule has 1 atom stereocenters. The van der Waals surface area contributed by atoms with Crippen LogP contribution in [0.4, 0.5) is 13.6 Å². The molecule has 1 fully saturated rings. The topological polar surface area (TPSA) is 41.6 Å². The maximum Gasteiger partial charge on any atom is 0.410 e. The highest BCUT2D eigenvalue weighted by molar-refractivity contribution is 5.69. The molecule has 33 heavy (non-hydrogen) atoms. The smallest absolute Gasteiger partial charge is 0.410 e. The predicted octanol–water partition coefficient (Wildman–Crippen LogP) is 6.43. The van der Waals surface area contributed by atoms with Gasteiger partial charge in [-0.2, -0.15) is 0 Å². The van der Waals surface area contributed by atoms with E-state index in [1.807, 2.05) is 74.5 Å². The minimum atomic E-state index is -2.91. The van der Waals surface area contributed by atoms with Gasteiger partial charge in [0.2, 0.25) is 0 Å². The van der Waals surface area contributed by atoms with E-state index in [1.54, 1.807) is 25.7 Å². The van der Waals surface area contributed by atoms with Gasteiger partial charge in [0.05, 0.1) is 12.6 Å². The molecule has 1 aliphatic heterocycles. The van der Waals surface area contributed by atoms with Gasteiger partial charge in [-0.1, -0.05) is 60.7 Å². The first kappa shape index (κ1) is 25.2. The molecule has 0 radical (unpaired) electrons. The first-order chi connectivity index (χ1) is 15.4. The largest absolute Gasteiger partial charge is 0.444 e. The van der Waals surface area contributed by atoms with Crippen molar-refractivity contribution in [1.82, 2.24) is 10.2 Å². The highest BCUT2D eigenvalue weighted by Crippen LogP contribution is 2.39. The Balaban J connectivity index is 1.66. The lowest BCUT2D eigenvalue weighted by Gasteiger charge is -2.33. The molecule has 0 saturated carbocycles. The van der Waals surface area contributed by atoms with Crippen molar-refractivity contribution >= 4 is 6.09 Å². The van der Waals surface area contributed by atoms with Crippen LogP contribution in [0.25, 0.3) is 0 Å². The highest BCUT2D eigenvalue weighted by atomic mass is 19.3. The lowest BCUT2D eigenvalue weighted by atomic mass is 9.92. The Morgan fingerprint density at radius 2 is 1.58 bits per heavy atom. The molecule has 6 heteroatoms. The van der Waals surface area contributed by atoms with Gasteiger partial charge in [-0.25, -0.2) is 13.6 Å². The van der Waals surface area contributed by atoms with Crippen molar-refractivity contribution in [1.29, 1.82) is 0 Å². The zero-order chi connectivity index (χ0) is 24.3. The van der Waals surface area contributed by atoms with Gasteiger partial charge in [-0.15, -0.1) is 0 Å². The Kier molecular flexibility index (Phi) is 7.47. The molecule has 1 unspecified atom stereocenters. The normalized spacial score (nSPS) is 18.5. The van der Waals surface area contributed by atoms with E-state index in [0.29, 0.717) is 6.42 Å². The Bertz CT molecular complexity index is 871. The van der Waals surface area contributed by atoms with Gasteiger partial charge in [-0.3, -0.25) is 0 Å². The second-order valence-corrected chi connectivity index (χ2v) is 10.7. The molecular weight excluding hydrogens is 422 g/mol. The van der Waals surface area contributed by atoms with E-state index in [4.69, 9.17) is 4.74 Å². The number of likely N-dealkylation sites (tertiary alicyclic amines) is 1. The summed E-state index contributed by atoms with van der Waals surface area (Å²) in [4.78, 5) is 14.2. The third-order valence-corrected chi connectivity index (χ3v) is 5.99. The minimum Gasteiger partial charge on any atom is -0.444 e. The molecule has 180 valence electrons. The maximum absolute atomic E-state index is 15.1. The zero-order valence-corrected chi connectivity index (χ0v) is 20.3. The quantitative estimate of drug-likeness (QED) is 0.520. The van der Waals surface area contributed by atoms with Crippen LogP contribution in [0.1, 0.15) is 64.6 Å². The van der Waals surface area contributed by atoms with Gasteiger partial charge in [0.1, 0.15) is 5.60 Å². The molecule has 1 N–H and O–H groups in total. The Hall–Kier alpha value is -2.47. The van der Waals surface area contributed by atoms with E-state index >= 15 is 8.78 Å². The fourth-order valence-electron chi connectivity index (χ4n) is 4.63. The summed E-state index contributed by atoms with van der Waals surface area (Å²) in [7, 11) is 0. The first-order valence-electron chi connectivity index (χ1n) is 11.6. The average molecular weight is 459 g/mol. The molecule has 4 nitrogen and oxygen atoms in total. The summed E-state index contributed by atoms with van der Waals surface area (Å²) in [5, 5.41) is 3.10. The highest BCUT2D eigenvalue weighted by Gasteiger charge is 2.46. The third-order valence-electron chi connectivity index (χ3n) is 5.99. The van der Waals surface area contributed by atoms with Gasteiger partial charge in [0, 0.05) is 18.5 Å². The van der Waals surface area contributed by atoms with Gasteiger partial charge in [-0.05, 0) is 58.1 Å². The van der Waals surface area contributed by atoms with Crippen molar-refractivity contribution in [3.8, 4) is 0 Å². The lowest BCUT2D eigenvalue weighted by molar-refractivity contribution is -0.0226. The Morgan fingerprint density at radius 3 is 2.06 bits per heavy atom. The fraction of sp³-hybridized carbons (Fsp3) is 0.519. The minimum absolute atomic E-state index is 0.276. The van der Waals surface area contributed by atoms with Crippen LogP contribution in [0.3, 0.4) is 0 Å². The van der Waals surface area contributed by atoms with Gasteiger partial charge >= 0.3 is 6.09 Å². The summed E-state index contributed by atoms with van der Waals surface area (Å²) in [6.07, 6.45) is -0.202. The van der Waals surface area contributed by atoms with Crippen molar-refractivity contribution < 1.29 is 18.3 Å². The van der Waals surface area contributed by atoms with Crippen LogP contribution in [0, 0.1) is 5.92 Å². The molecule has 3 rings (SSSR count). The molecule has 1 amide bonds. The van der Waals surface area contributed by atoms with Gasteiger partial charge < -0.3 is 15.0 Å². The number of nitrogens with zero attached hydrogens (tertiary/aromatic N) is 1. The molecule has 2 aromatic carbocycles. The fourth-order valence-corrected chi connectivity index (χ4v) is 4.63. The van der Waals surface area contributed by atoms with Crippen LogP contribution in [0.5, 0.6) is 0 Å². The van der Waals surface area contributed by atoms with Gasteiger partial charge in [0.25, 0.3) is 5.92 Å². The molecule has 0 bridgehead atoms. The molecule has 0 aromatic heterocycles. The summed E-state index contributed by atoms with van der Waals surface area (Å²) < 4.78 is 35.7. The molecule has 1 heterocycles. The van der Waals surface area contributed by atoms with Crippen molar-refractivity contribution in [3.63, 3.8) is 0 Å². The maximum atomic E-state index is 15.1. The number of benzene rings is 2. The van der Waals surface area contributed by atoms with Crippen LogP contribution < -0.4 is 5.32 Å². The molecule has 1 aliphatic rings. The number of hydrogen-bond acceptors (Lipinski definition) is 3. The van der Waals surface area contributed by atoms with Crippen molar-refractivity contribution in [3.05, 3.63) is 71.8 Å². The second-order valence-electron chi connectivity index (χ2n) is 10.7. The molecule has 0 spiro atoms. The van der Waals surface area contributed by atoms with Crippen LogP contribution in [0.2, 0.25) is 0 Å². The number of alkyl halides is 2. The van der Waals surface area contributed by atoms with Gasteiger partial charge in [0.15, 0.2) is 0 Å². The average Bonchev–Trinajstić information content (AvgIpc) is 3.01. The van der Waals surface area contributed by atoms with E-state index in [9.17, 15) is 4.79 Å². The number of ether oxygens (including phenoxy) is 1. The van der Waals surface area contributed by atoms with Crippen molar-refractivity contribution in [2.45, 2.75) is 70.6 Å². The standard InChI is InChI=1S/C27H36F2N2O2/c1-25(2,3)33-24(32)31-18-20(16-26(31,4)5)17-27(28,29)19-30-23(21-12-8-6-9-13-21)22-14-10-7-11-15-22/h6-15,20,23,30H,16-19H2,1-5H3. The number of carbonyl (C=O) groups is 1. The molecule has 1 saturated heterocycles. The molecular formula is C27H36F2N2O2. The van der Waals surface area contributed by atoms with E-state index < -0.39 is 29.7 Å². The van der Waals surface area contributed by atoms with E-state index in [-0.39, 0.29) is 24.9 Å². The number of halogens is 2. The summed E-state index contributed by atoms with van der Waals surface area (Å²) in [5.74, 6) is -3.21. The summed E-state index contributed by atoms with van der Waals surface area (Å²) in [6.45, 7) is 9.08. The van der Waals surface area contributed by atoms with Crippen molar-refractivity contribution in [2.24, 2.45) is 5.92 Å². The van der Waals surface area contributed by atoms with Crippen LogP contribution in [0.15, 0.2) is 60.7 Å². The number of rotatable bonds is 7. The number of amides is 1. The van der Waals surface area contributed by atoms with Crippen molar-refractivity contribution in [2.75, 3.05) is 13.1 Å². The van der Waals surface area contributed by atoms with Crippen LogP contribution >= 0.6 is 0 Å². The SMILES string of the molecule is CC(C)(C)OC(=O)N1CC(CC(F)(F)CNC(c2ccccc2)c2ccccc2)CC1(C)C. The summed E-state index contributed by atoms with van der Waals surface area (Å²) in [6, 6.07) is 18.9. The van der Waals surface area contributed by atoms with E-state index in [1.165, 1.54) is 0 Å². The Labute approximate surface area is 196 Å². The number of nitrogens with one attached hydrogen (secondary N) is 1. The first-order valence-corrected chi connectivity index (χ1v) is 11.6.